The highest BCUT2D eigenvalue weighted by molar-refractivity contribution is 5.97. The summed E-state index contributed by atoms with van der Waals surface area (Å²) < 4.78 is 21.5. The summed E-state index contributed by atoms with van der Waals surface area (Å²) in [6.45, 7) is 1.84. The Hall–Kier alpha value is -2.12. The number of rotatable bonds is 17. The van der Waals surface area contributed by atoms with E-state index < -0.39 is 6.10 Å². The Morgan fingerprint density at radius 3 is 2.41 bits per heavy atom. The van der Waals surface area contributed by atoms with Crippen LogP contribution in [0.3, 0.4) is 0 Å². The number of aliphatic hydroxyl groups is 1. The number of esters is 1. The Balaban J connectivity index is 1.66. The van der Waals surface area contributed by atoms with Gasteiger partial charge in [-0.15, -0.1) is 0 Å². The number of hydrogen-bond donors (Lipinski definition) is 1. The quantitative estimate of drug-likeness (QED) is 0.200. The number of ether oxygens (including phenoxy) is 4. The third-order valence-electron chi connectivity index (χ3n) is 5.73. The summed E-state index contributed by atoms with van der Waals surface area (Å²) in [6.07, 6.45) is 9.23. The normalized spacial score (nSPS) is 15.9. The Morgan fingerprint density at radius 2 is 1.75 bits per heavy atom. The number of unbranched alkanes of at least 4 members (excludes halogenated alkanes) is 6. The lowest BCUT2D eigenvalue weighted by Gasteiger charge is -2.13. The van der Waals surface area contributed by atoms with E-state index in [4.69, 9.17) is 18.9 Å². The fourth-order valence-electron chi connectivity index (χ4n) is 3.95. The molecule has 1 N–H and O–H groups in total. The first-order chi connectivity index (χ1) is 15.5. The van der Waals surface area contributed by atoms with Crippen LogP contribution in [-0.4, -0.2) is 44.0 Å². The number of cyclic esters (lactones) is 1. The molecule has 2 atom stereocenters. The van der Waals surface area contributed by atoms with Crippen LogP contribution in [0.15, 0.2) is 12.1 Å². The molecule has 0 fully saturated rings. The molecule has 0 radical (unpaired) electrons. The number of fused-ring (bicyclic) bond motifs is 1. The molecule has 0 saturated heterocycles. The predicted octanol–water partition coefficient (Wildman–Crippen LogP) is 5.13. The number of Topliss-reactive ketones (excluding diaryl/α,β-unsaturated/α-hetero) is 1. The van der Waals surface area contributed by atoms with Crippen LogP contribution in [-0.2, 0) is 14.3 Å². The van der Waals surface area contributed by atoms with Gasteiger partial charge in [-0.3, -0.25) is 4.79 Å². The van der Waals surface area contributed by atoms with Crippen LogP contribution in [0.4, 0.5) is 0 Å². The molecule has 180 valence electrons. The van der Waals surface area contributed by atoms with E-state index >= 15 is 0 Å². The second-order valence-corrected chi connectivity index (χ2v) is 8.47. The van der Waals surface area contributed by atoms with Crippen molar-refractivity contribution in [2.75, 3.05) is 21.0 Å². The van der Waals surface area contributed by atoms with E-state index in [2.05, 4.69) is 0 Å². The minimum absolute atomic E-state index is 0.122. The van der Waals surface area contributed by atoms with Gasteiger partial charge in [0.15, 0.2) is 6.79 Å². The van der Waals surface area contributed by atoms with Gasteiger partial charge in [0.25, 0.3) is 0 Å². The number of carbonyl (C=O) groups excluding carboxylic acids is 2. The fraction of sp³-hybridized carbons (Fsp3) is 0.680. The second kappa shape index (κ2) is 14.1. The summed E-state index contributed by atoms with van der Waals surface area (Å²) >= 11 is 0. The highest BCUT2D eigenvalue weighted by Crippen LogP contribution is 2.41. The van der Waals surface area contributed by atoms with Crippen LogP contribution in [0, 0.1) is 0 Å². The van der Waals surface area contributed by atoms with Crippen LogP contribution in [0.2, 0.25) is 0 Å². The summed E-state index contributed by atoms with van der Waals surface area (Å²) in [4.78, 5) is 24.0. The average Bonchev–Trinajstić information content (AvgIpc) is 3.09. The van der Waals surface area contributed by atoms with Crippen LogP contribution in [0.1, 0.15) is 99.6 Å². The molecule has 7 heteroatoms. The van der Waals surface area contributed by atoms with Crippen molar-refractivity contribution in [3.63, 3.8) is 0 Å². The van der Waals surface area contributed by atoms with E-state index in [1.165, 1.54) is 7.11 Å². The topological polar surface area (TPSA) is 91.3 Å². The first kappa shape index (κ1) is 26.1. The monoisotopic (exact) mass is 450 g/mol. The molecule has 1 heterocycles. The summed E-state index contributed by atoms with van der Waals surface area (Å²) in [7, 11) is 3.08. The maximum Gasteiger partial charge on any atom is 0.342 e. The van der Waals surface area contributed by atoms with Crippen molar-refractivity contribution in [2.24, 2.45) is 0 Å². The van der Waals surface area contributed by atoms with Gasteiger partial charge in [-0.25, -0.2) is 4.79 Å². The van der Waals surface area contributed by atoms with Gasteiger partial charge in [-0.05, 0) is 38.7 Å². The molecular formula is C25H38O7. The molecule has 1 aromatic rings. The highest BCUT2D eigenvalue weighted by Gasteiger charge is 2.34. The summed E-state index contributed by atoms with van der Waals surface area (Å²) in [5.41, 5.74) is 1.31. The maximum atomic E-state index is 12.3. The molecule has 32 heavy (non-hydrogen) atoms. The SMILES string of the molecule is COCOc1cc(OC)c2c(c1)C(CCCCCCCCCC(=O)CCC(C)O)OC2=O. The third kappa shape index (κ3) is 8.43. The number of benzene rings is 1. The molecule has 7 nitrogen and oxygen atoms in total. The van der Waals surface area contributed by atoms with Crippen molar-refractivity contribution in [3.8, 4) is 11.5 Å². The molecular weight excluding hydrogens is 412 g/mol. The van der Waals surface area contributed by atoms with Crippen molar-refractivity contribution in [2.45, 2.75) is 89.8 Å². The number of methoxy groups -OCH3 is 2. The Kier molecular flexibility index (Phi) is 11.5. The van der Waals surface area contributed by atoms with E-state index in [0.29, 0.717) is 36.3 Å². The lowest BCUT2D eigenvalue weighted by atomic mass is 9.98. The molecule has 0 aromatic heterocycles. The number of aliphatic hydroxyl groups excluding tert-OH is 1. The van der Waals surface area contributed by atoms with Crippen molar-refractivity contribution in [3.05, 3.63) is 23.3 Å². The van der Waals surface area contributed by atoms with Gasteiger partial charge in [0, 0.05) is 31.6 Å². The highest BCUT2D eigenvalue weighted by atomic mass is 16.7. The smallest absolute Gasteiger partial charge is 0.342 e. The van der Waals surface area contributed by atoms with Crippen LogP contribution < -0.4 is 9.47 Å². The van der Waals surface area contributed by atoms with Gasteiger partial charge in [0.05, 0.1) is 13.2 Å². The number of ketones is 1. The van der Waals surface area contributed by atoms with E-state index in [-0.39, 0.29) is 24.6 Å². The van der Waals surface area contributed by atoms with Crippen LogP contribution in [0.5, 0.6) is 11.5 Å². The predicted molar refractivity (Wildman–Crippen MR) is 121 cm³/mol. The Labute approximate surface area is 191 Å². The van der Waals surface area contributed by atoms with Gasteiger partial charge in [0.2, 0.25) is 0 Å². The molecule has 0 aliphatic carbocycles. The minimum Gasteiger partial charge on any atom is -0.496 e. The van der Waals surface area contributed by atoms with Crippen LogP contribution >= 0.6 is 0 Å². The molecule has 1 aliphatic heterocycles. The zero-order valence-corrected chi connectivity index (χ0v) is 19.7. The van der Waals surface area contributed by atoms with Crippen molar-refractivity contribution in [1.29, 1.82) is 0 Å². The van der Waals surface area contributed by atoms with E-state index in [1.54, 1.807) is 20.1 Å². The van der Waals surface area contributed by atoms with E-state index in [9.17, 15) is 14.7 Å². The van der Waals surface area contributed by atoms with Gasteiger partial charge in [-0.2, -0.15) is 0 Å². The lowest BCUT2D eigenvalue weighted by Crippen LogP contribution is -2.05. The molecule has 1 aromatic carbocycles. The number of carbonyl (C=O) groups is 2. The van der Waals surface area contributed by atoms with Gasteiger partial charge in [-0.1, -0.05) is 32.1 Å². The zero-order chi connectivity index (χ0) is 23.3. The van der Waals surface area contributed by atoms with E-state index in [0.717, 1.165) is 56.9 Å². The summed E-state index contributed by atoms with van der Waals surface area (Å²) in [5.74, 6) is 0.966. The summed E-state index contributed by atoms with van der Waals surface area (Å²) in [6, 6.07) is 3.52. The maximum absolute atomic E-state index is 12.3. The first-order valence-electron chi connectivity index (χ1n) is 11.7. The average molecular weight is 451 g/mol. The van der Waals surface area contributed by atoms with E-state index in [1.807, 2.05) is 6.07 Å². The summed E-state index contributed by atoms with van der Waals surface area (Å²) in [5, 5.41) is 9.22. The van der Waals surface area contributed by atoms with Gasteiger partial charge < -0.3 is 24.1 Å². The molecule has 2 rings (SSSR count). The third-order valence-corrected chi connectivity index (χ3v) is 5.73. The second-order valence-electron chi connectivity index (χ2n) is 8.47. The first-order valence-corrected chi connectivity index (χ1v) is 11.7. The molecule has 2 unspecified atom stereocenters. The largest absolute Gasteiger partial charge is 0.496 e. The van der Waals surface area contributed by atoms with Gasteiger partial charge >= 0.3 is 5.97 Å². The molecule has 0 amide bonds. The van der Waals surface area contributed by atoms with Crippen molar-refractivity contribution >= 4 is 11.8 Å². The Morgan fingerprint density at radius 1 is 1.06 bits per heavy atom. The molecule has 0 saturated carbocycles. The standard InChI is InChI=1S/C25H38O7/c1-18(26)13-14-19(27)11-9-7-5-4-6-8-10-12-22-21-15-20(31-17-29-2)16-23(30-3)24(21)25(28)32-22/h15-16,18,22,26H,4-14,17H2,1-3H3. The fourth-order valence-corrected chi connectivity index (χ4v) is 3.95. The van der Waals surface area contributed by atoms with Crippen molar-refractivity contribution in [1.82, 2.24) is 0 Å². The Bertz CT molecular complexity index is 729. The number of hydrogen-bond acceptors (Lipinski definition) is 7. The molecule has 0 spiro atoms. The zero-order valence-electron chi connectivity index (χ0n) is 19.7. The minimum atomic E-state index is -0.395. The van der Waals surface area contributed by atoms with Crippen molar-refractivity contribution < 1.29 is 33.6 Å². The molecule has 1 aliphatic rings. The lowest BCUT2D eigenvalue weighted by molar-refractivity contribution is -0.119. The van der Waals surface area contributed by atoms with Gasteiger partial charge in [0.1, 0.15) is 28.9 Å². The van der Waals surface area contributed by atoms with Crippen LogP contribution in [0.25, 0.3) is 0 Å². The molecule has 0 bridgehead atoms.